The first-order chi connectivity index (χ1) is 9.06. The van der Waals surface area contributed by atoms with Crippen LogP contribution in [0.1, 0.15) is 11.1 Å². The van der Waals surface area contributed by atoms with Crippen LogP contribution in [-0.2, 0) is 6.61 Å². The fourth-order valence-electron chi connectivity index (χ4n) is 1.56. The molecule has 0 amide bonds. The van der Waals surface area contributed by atoms with Gasteiger partial charge in [0.25, 0.3) is 0 Å². The van der Waals surface area contributed by atoms with Gasteiger partial charge in [-0.25, -0.2) is 0 Å². The zero-order valence-electron chi connectivity index (χ0n) is 9.90. The van der Waals surface area contributed by atoms with Crippen LogP contribution >= 0.6 is 35.4 Å². The fourth-order valence-corrected chi connectivity index (χ4v) is 2.13. The average molecular weight is 312 g/mol. The summed E-state index contributed by atoms with van der Waals surface area (Å²) in [6.45, 7) is 0.396. The van der Waals surface area contributed by atoms with Crippen LogP contribution in [0.2, 0.25) is 10.0 Å². The van der Waals surface area contributed by atoms with E-state index in [0.29, 0.717) is 27.4 Å². The minimum Gasteiger partial charge on any atom is -0.487 e. The van der Waals surface area contributed by atoms with Crippen molar-refractivity contribution in [3.63, 3.8) is 0 Å². The summed E-state index contributed by atoms with van der Waals surface area (Å²) in [5.74, 6) is 0.585. The monoisotopic (exact) mass is 311 g/mol. The number of hydrogen-bond donors (Lipinski definition) is 1. The van der Waals surface area contributed by atoms with Crippen molar-refractivity contribution >= 4 is 40.4 Å². The molecule has 2 aromatic rings. The van der Waals surface area contributed by atoms with E-state index in [9.17, 15) is 0 Å². The smallest absolute Gasteiger partial charge is 0.138 e. The van der Waals surface area contributed by atoms with Crippen molar-refractivity contribution in [3.8, 4) is 5.75 Å². The molecular weight excluding hydrogens is 301 g/mol. The van der Waals surface area contributed by atoms with Crippen LogP contribution in [0.15, 0.2) is 42.5 Å². The van der Waals surface area contributed by atoms with E-state index < -0.39 is 0 Å². The third-order valence-electron chi connectivity index (χ3n) is 2.50. The van der Waals surface area contributed by atoms with E-state index in [1.165, 1.54) is 0 Å². The largest absolute Gasteiger partial charge is 0.487 e. The predicted molar refractivity (Wildman–Crippen MR) is 83.1 cm³/mol. The quantitative estimate of drug-likeness (QED) is 0.859. The van der Waals surface area contributed by atoms with Crippen LogP contribution in [0.25, 0.3) is 0 Å². The van der Waals surface area contributed by atoms with E-state index in [4.69, 9.17) is 45.9 Å². The maximum absolute atomic E-state index is 6.10. The average Bonchev–Trinajstić information content (AvgIpc) is 2.37. The number of benzene rings is 2. The molecule has 0 aliphatic rings. The molecule has 0 unspecified atom stereocenters. The van der Waals surface area contributed by atoms with E-state index in [1.54, 1.807) is 18.2 Å². The molecule has 0 heterocycles. The molecule has 2 N–H and O–H groups in total. The molecule has 0 spiro atoms. The summed E-state index contributed by atoms with van der Waals surface area (Å²) >= 11 is 16.9. The molecule has 0 atom stereocenters. The number of rotatable bonds is 4. The van der Waals surface area contributed by atoms with Gasteiger partial charge in [-0.05, 0) is 35.9 Å². The zero-order valence-corrected chi connectivity index (χ0v) is 12.2. The van der Waals surface area contributed by atoms with Crippen molar-refractivity contribution in [3.05, 3.63) is 63.6 Å². The highest BCUT2D eigenvalue weighted by Crippen LogP contribution is 2.26. The lowest BCUT2D eigenvalue weighted by Crippen LogP contribution is -2.09. The first-order valence-electron chi connectivity index (χ1n) is 5.53. The Labute approximate surface area is 127 Å². The van der Waals surface area contributed by atoms with Gasteiger partial charge in [0.1, 0.15) is 17.3 Å². The summed E-state index contributed by atoms with van der Waals surface area (Å²) in [4.78, 5) is 0.309. The van der Waals surface area contributed by atoms with Gasteiger partial charge in [0.2, 0.25) is 0 Å². The number of nitrogens with two attached hydrogens (primary N) is 1. The van der Waals surface area contributed by atoms with E-state index in [1.807, 2.05) is 24.3 Å². The molecule has 0 bridgehead atoms. The molecule has 0 radical (unpaired) electrons. The topological polar surface area (TPSA) is 35.2 Å². The number of hydrogen-bond acceptors (Lipinski definition) is 2. The van der Waals surface area contributed by atoms with Gasteiger partial charge in [-0.1, -0.05) is 47.6 Å². The molecule has 0 saturated carbocycles. The molecule has 0 fully saturated rings. The molecule has 19 heavy (non-hydrogen) atoms. The van der Waals surface area contributed by atoms with Gasteiger partial charge in [-0.15, -0.1) is 0 Å². The molecule has 98 valence electrons. The normalized spacial score (nSPS) is 10.2. The zero-order chi connectivity index (χ0) is 13.8. The van der Waals surface area contributed by atoms with E-state index >= 15 is 0 Å². The summed E-state index contributed by atoms with van der Waals surface area (Å²) < 4.78 is 5.64. The summed E-state index contributed by atoms with van der Waals surface area (Å²) in [7, 11) is 0. The Morgan fingerprint density at radius 1 is 1.16 bits per heavy atom. The van der Waals surface area contributed by atoms with E-state index in [0.717, 1.165) is 11.1 Å². The second-order valence-electron chi connectivity index (χ2n) is 3.93. The van der Waals surface area contributed by atoms with Crippen LogP contribution < -0.4 is 10.5 Å². The maximum atomic E-state index is 6.10. The standard InChI is InChI=1S/C14H11Cl2NOS/c15-11-3-1-2-9(6-11)8-18-13-5-4-10(14(17)19)7-12(13)16/h1-7H,8H2,(H2,17,19). The Balaban J connectivity index is 2.10. The lowest BCUT2D eigenvalue weighted by Gasteiger charge is -2.09. The van der Waals surface area contributed by atoms with Crippen molar-refractivity contribution in [2.24, 2.45) is 5.73 Å². The highest BCUT2D eigenvalue weighted by molar-refractivity contribution is 7.80. The van der Waals surface area contributed by atoms with Crippen molar-refractivity contribution in [1.82, 2.24) is 0 Å². The van der Waals surface area contributed by atoms with Crippen LogP contribution in [0.4, 0.5) is 0 Å². The molecule has 0 aromatic heterocycles. The highest BCUT2D eigenvalue weighted by Gasteiger charge is 2.05. The molecule has 0 saturated heterocycles. The molecular formula is C14H11Cl2NOS. The van der Waals surface area contributed by atoms with Gasteiger partial charge in [0.15, 0.2) is 0 Å². The van der Waals surface area contributed by atoms with Gasteiger partial charge in [-0.3, -0.25) is 0 Å². The minimum absolute atomic E-state index is 0.309. The van der Waals surface area contributed by atoms with Gasteiger partial charge >= 0.3 is 0 Å². The minimum atomic E-state index is 0.309. The summed E-state index contributed by atoms with van der Waals surface area (Å²) in [5.41, 5.74) is 7.22. The second-order valence-corrected chi connectivity index (χ2v) is 5.21. The van der Waals surface area contributed by atoms with Crippen molar-refractivity contribution in [2.75, 3.05) is 0 Å². The third-order valence-corrected chi connectivity index (χ3v) is 3.27. The molecule has 5 heteroatoms. The SMILES string of the molecule is NC(=S)c1ccc(OCc2cccc(Cl)c2)c(Cl)c1. The van der Waals surface area contributed by atoms with Crippen LogP contribution in [0, 0.1) is 0 Å². The third kappa shape index (κ3) is 3.83. The van der Waals surface area contributed by atoms with Crippen molar-refractivity contribution in [1.29, 1.82) is 0 Å². The van der Waals surface area contributed by atoms with Gasteiger partial charge in [0, 0.05) is 10.6 Å². The summed E-state index contributed by atoms with van der Waals surface area (Å²) in [5, 5.41) is 1.16. The number of ether oxygens (including phenoxy) is 1. The molecule has 0 aliphatic carbocycles. The van der Waals surface area contributed by atoms with Crippen molar-refractivity contribution < 1.29 is 4.74 Å². The highest BCUT2D eigenvalue weighted by atomic mass is 35.5. The fraction of sp³-hybridized carbons (Fsp3) is 0.0714. The second kappa shape index (κ2) is 6.24. The van der Waals surface area contributed by atoms with Gasteiger partial charge < -0.3 is 10.5 Å². The first kappa shape index (κ1) is 14.1. The predicted octanol–water partition coefficient (Wildman–Crippen LogP) is 4.21. The van der Waals surface area contributed by atoms with Crippen molar-refractivity contribution in [2.45, 2.75) is 6.61 Å². The molecule has 2 aromatic carbocycles. The van der Waals surface area contributed by atoms with Crippen LogP contribution in [-0.4, -0.2) is 4.99 Å². The Hall–Kier alpha value is -1.29. The molecule has 2 rings (SSSR count). The van der Waals surface area contributed by atoms with Crippen LogP contribution in [0.5, 0.6) is 5.75 Å². The Bertz CT molecular complexity index is 616. The first-order valence-corrected chi connectivity index (χ1v) is 6.69. The Kier molecular flexibility index (Phi) is 4.64. The maximum Gasteiger partial charge on any atom is 0.138 e. The van der Waals surface area contributed by atoms with Crippen LogP contribution in [0.3, 0.4) is 0 Å². The lowest BCUT2D eigenvalue weighted by atomic mass is 10.2. The van der Waals surface area contributed by atoms with Gasteiger partial charge in [-0.2, -0.15) is 0 Å². The lowest BCUT2D eigenvalue weighted by molar-refractivity contribution is 0.306. The Morgan fingerprint density at radius 3 is 2.58 bits per heavy atom. The molecule has 0 aliphatic heterocycles. The number of halogens is 2. The van der Waals surface area contributed by atoms with E-state index in [-0.39, 0.29) is 0 Å². The Morgan fingerprint density at radius 2 is 1.95 bits per heavy atom. The molecule has 2 nitrogen and oxygen atoms in total. The van der Waals surface area contributed by atoms with Gasteiger partial charge in [0.05, 0.1) is 5.02 Å². The van der Waals surface area contributed by atoms with E-state index in [2.05, 4.69) is 0 Å². The summed E-state index contributed by atoms with van der Waals surface area (Å²) in [6.07, 6.45) is 0. The summed E-state index contributed by atoms with van der Waals surface area (Å²) in [6, 6.07) is 12.7. The number of thiocarbonyl (C=S) groups is 1.